The topological polar surface area (TPSA) is 21.3 Å². The molecule has 2 nitrogen and oxygen atoms in total. The first-order chi connectivity index (χ1) is 6.75. The predicted octanol–water partition coefficient (Wildman–Crippen LogP) is 3.00. The molecule has 1 heterocycles. The first kappa shape index (κ1) is 9.53. The zero-order chi connectivity index (χ0) is 9.97. The third-order valence-corrected chi connectivity index (χ3v) is 2.46. The van der Waals surface area contributed by atoms with Crippen LogP contribution in [0.25, 0.3) is 0 Å². The van der Waals surface area contributed by atoms with Crippen LogP contribution in [-0.2, 0) is 11.3 Å². The van der Waals surface area contributed by atoms with Gasteiger partial charge < -0.3 is 10.1 Å². The monoisotopic (exact) mass is 191 g/mol. The lowest BCUT2D eigenvalue weighted by molar-refractivity contribution is 0.0382. The first-order valence-electron chi connectivity index (χ1n) is 5.22. The van der Waals surface area contributed by atoms with E-state index in [0.29, 0.717) is 5.92 Å². The molecule has 1 atom stereocenters. The van der Waals surface area contributed by atoms with Gasteiger partial charge in [0.05, 0.1) is 6.61 Å². The summed E-state index contributed by atoms with van der Waals surface area (Å²) in [5.74, 6) is 0.665. The van der Waals surface area contributed by atoms with Crippen LogP contribution in [-0.4, -0.2) is 6.23 Å². The Morgan fingerprint density at radius 2 is 2.21 bits per heavy atom. The minimum absolute atomic E-state index is 0.185. The van der Waals surface area contributed by atoms with E-state index in [0.717, 1.165) is 13.0 Å². The fourth-order valence-corrected chi connectivity index (χ4v) is 1.75. The molecule has 1 aliphatic rings. The maximum Gasteiger partial charge on any atom is 0.128 e. The van der Waals surface area contributed by atoms with Gasteiger partial charge in [-0.15, -0.1) is 0 Å². The van der Waals surface area contributed by atoms with E-state index in [-0.39, 0.29) is 6.23 Å². The molecule has 1 aliphatic heterocycles. The van der Waals surface area contributed by atoms with E-state index in [2.05, 4.69) is 37.4 Å². The quantitative estimate of drug-likeness (QED) is 0.776. The van der Waals surface area contributed by atoms with Crippen LogP contribution in [0, 0.1) is 5.92 Å². The van der Waals surface area contributed by atoms with Crippen molar-refractivity contribution in [1.82, 2.24) is 0 Å². The van der Waals surface area contributed by atoms with Crippen LogP contribution in [0.4, 0.5) is 5.69 Å². The Morgan fingerprint density at radius 1 is 1.43 bits per heavy atom. The third-order valence-electron chi connectivity index (χ3n) is 2.46. The number of anilines is 1. The molecule has 0 fully saturated rings. The molecular weight excluding hydrogens is 174 g/mol. The SMILES string of the molecule is CC(C)CC1Nc2ccccc2CO1. The fourth-order valence-electron chi connectivity index (χ4n) is 1.75. The van der Waals surface area contributed by atoms with Crippen molar-refractivity contribution in [3.63, 3.8) is 0 Å². The molecule has 0 saturated heterocycles. The molecule has 1 aromatic carbocycles. The molecule has 2 rings (SSSR count). The molecule has 0 bridgehead atoms. The van der Waals surface area contributed by atoms with Crippen molar-refractivity contribution in [3.05, 3.63) is 29.8 Å². The molecule has 2 heteroatoms. The van der Waals surface area contributed by atoms with Crippen molar-refractivity contribution in [2.45, 2.75) is 33.1 Å². The lowest BCUT2D eigenvalue weighted by Crippen LogP contribution is -2.29. The van der Waals surface area contributed by atoms with Crippen LogP contribution in [0.15, 0.2) is 24.3 Å². The molecule has 0 spiro atoms. The van der Waals surface area contributed by atoms with Crippen LogP contribution in [0.1, 0.15) is 25.8 Å². The van der Waals surface area contributed by atoms with Gasteiger partial charge in [-0.3, -0.25) is 0 Å². The Balaban J connectivity index is 2.06. The Morgan fingerprint density at radius 3 is 3.00 bits per heavy atom. The minimum atomic E-state index is 0.185. The highest BCUT2D eigenvalue weighted by Gasteiger charge is 2.17. The molecule has 1 aromatic rings. The maximum absolute atomic E-state index is 5.70. The van der Waals surface area contributed by atoms with E-state index in [4.69, 9.17) is 4.74 Å². The van der Waals surface area contributed by atoms with Crippen LogP contribution in [0.2, 0.25) is 0 Å². The molecule has 1 N–H and O–H groups in total. The number of para-hydroxylation sites is 1. The van der Waals surface area contributed by atoms with Crippen molar-refractivity contribution in [3.8, 4) is 0 Å². The Hall–Kier alpha value is -1.02. The zero-order valence-corrected chi connectivity index (χ0v) is 8.79. The highest BCUT2D eigenvalue weighted by molar-refractivity contribution is 5.52. The number of benzene rings is 1. The lowest BCUT2D eigenvalue weighted by atomic mass is 10.1. The van der Waals surface area contributed by atoms with Gasteiger partial charge in [-0.05, 0) is 18.4 Å². The molecule has 76 valence electrons. The second-order valence-electron chi connectivity index (χ2n) is 4.23. The first-order valence-corrected chi connectivity index (χ1v) is 5.22. The smallest absolute Gasteiger partial charge is 0.128 e. The number of hydrogen-bond acceptors (Lipinski definition) is 2. The number of ether oxygens (including phenoxy) is 1. The molecular formula is C12H17NO. The van der Waals surface area contributed by atoms with Gasteiger partial charge in [0, 0.05) is 11.3 Å². The van der Waals surface area contributed by atoms with Gasteiger partial charge in [0.2, 0.25) is 0 Å². The van der Waals surface area contributed by atoms with Gasteiger partial charge in [0.1, 0.15) is 6.23 Å². The average Bonchev–Trinajstić information content (AvgIpc) is 2.17. The second-order valence-corrected chi connectivity index (χ2v) is 4.23. The summed E-state index contributed by atoms with van der Waals surface area (Å²) >= 11 is 0. The number of rotatable bonds is 2. The predicted molar refractivity (Wildman–Crippen MR) is 58.1 cm³/mol. The summed E-state index contributed by atoms with van der Waals surface area (Å²) in [7, 11) is 0. The zero-order valence-electron chi connectivity index (χ0n) is 8.79. The largest absolute Gasteiger partial charge is 0.360 e. The molecule has 0 aromatic heterocycles. The average molecular weight is 191 g/mol. The van der Waals surface area contributed by atoms with Crippen LogP contribution >= 0.6 is 0 Å². The molecule has 0 amide bonds. The van der Waals surface area contributed by atoms with Crippen molar-refractivity contribution in [2.24, 2.45) is 5.92 Å². The van der Waals surface area contributed by atoms with E-state index >= 15 is 0 Å². The Labute approximate surface area is 85.3 Å². The highest BCUT2D eigenvalue weighted by Crippen LogP contribution is 2.24. The van der Waals surface area contributed by atoms with Crippen molar-refractivity contribution in [2.75, 3.05) is 5.32 Å². The van der Waals surface area contributed by atoms with Gasteiger partial charge in [0.25, 0.3) is 0 Å². The normalized spacial score (nSPS) is 20.4. The summed E-state index contributed by atoms with van der Waals surface area (Å²) in [6, 6.07) is 8.33. The number of nitrogens with one attached hydrogen (secondary N) is 1. The van der Waals surface area contributed by atoms with Gasteiger partial charge in [-0.2, -0.15) is 0 Å². The van der Waals surface area contributed by atoms with E-state index in [1.807, 2.05) is 6.07 Å². The molecule has 0 aliphatic carbocycles. The summed E-state index contributed by atoms with van der Waals surface area (Å²) in [5, 5.41) is 3.41. The second kappa shape index (κ2) is 4.01. The van der Waals surface area contributed by atoms with Crippen LogP contribution < -0.4 is 5.32 Å². The van der Waals surface area contributed by atoms with Crippen LogP contribution in [0.5, 0.6) is 0 Å². The van der Waals surface area contributed by atoms with Crippen molar-refractivity contribution in [1.29, 1.82) is 0 Å². The van der Waals surface area contributed by atoms with E-state index < -0.39 is 0 Å². The molecule has 0 saturated carbocycles. The van der Waals surface area contributed by atoms with Crippen molar-refractivity contribution >= 4 is 5.69 Å². The summed E-state index contributed by atoms with van der Waals surface area (Å²) < 4.78 is 5.70. The van der Waals surface area contributed by atoms with E-state index in [1.165, 1.54) is 11.3 Å². The van der Waals surface area contributed by atoms with Gasteiger partial charge in [-0.1, -0.05) is 32.0 Å². The Kier molecular flexibility index (Phi) is 2.73. The molecule has 0 radical (unpaired) electrons. The van der Waals surface area contributed by atoms with Crippen LogP contribution in [0.3, 0.4) is 0 Å². The Bertz CT molecular complexity index is 309. The highest BCUT2D eigenvalue weighted by atomic mass is 16.5. The summed E-state index contributed by atoms with van der Waals surface area (Å²) in [6.45, 7) is 5.16. The van der Waals surface area contributed by atoms with Gasteiger partial charge in [-0.25, -0.2) is 0 Å². The fraction of sp³-hybridized carbons (Fsp3) is 0.500. The summed E-state index contributed by atoms with van der Waals surface area (Å²) in [6.07, 6.45) is 1.25. The van der Waals surface area contributed by atoms with E-state index in [9.17, 15) is 0 Å². The summed E-state index contributed by atoms with van der Waals surface area (Å²) in [4.78, 5) is 0. The van der Waals surface area contributed by atoms with E-state index in [1.54, 1.807) is 0 Å². The van der Waals surface area contributed by atoms with Crippen molar-refractivity contribution < 1.29 is 4.74 Å². The maximum atomic E-state index is 5.70. The molecule has 14 heavy (non-hydrogen) atoms. The van der Waals surface area contributed by atoms with Gasteiger partial charge >= 0.3 is 0 Å². The number of hydrogen-bond donors (Lipinski definition) is 1. The molecule has 1 unspecified atom stereocenters. The lowest BCUT2D eigenvalue weighted by Gasteiger charge is -2.28. The summed E-state index contributed by atoms with van der Waals surface area (Å²) in [5.41, 5.74) is 2.48. The standard InChI is InChI=1S/C12H17NO/c1-9(2)7-12-13-11-6-4-3-5-10(11)8-14-12/h3-6,9,12-13H,7-8H2,1-2H3. The number of fused-ring (bicyclic) bond motifs is 1. The van der Waals surface area contributed by atoms with Gasteiger partial charge in [0.15, 0.2) is 0 Å². The minimum Gasteiger partial charge on any atom is -0.360 e. The third kappa shape index (κ3) is 2.07.